The van der Waals surface area contributed by atoms with Gasteiger partial charge >= 0.3 is 12.1 Å². The molecule has 8 nitrogen and oxygen atoms in total. The van der Waals surface area contributed by atoms with E-state index in [1.807, 2.05) is 91.0 Å². The maximum atomic E-state index is 13.1. The van der Waals surface area contributed by atoms with Crippen LogP contribution in [0.15, 0.2) is 91.0 Å². The van der Waals surface area contributed by atoms with Crippen molar-refractivity contribution >= 4 is 50.4 Å². The second-order valence-electron chi connectivity index (χ2n) is 8.32. The number of benzene rings is 3. The highest BCUT2D eigenvalue weighted by Crippen LogP contribution is 2.13. The first-order chi connectivity index (χ1) is 18.7. The number of aliphatic carboxylic acids is 1. The lowest BCUT2D eigenvalue weighted by Crippen LogP contribution is -2.53. The number of hydrogen-bond donors (Lipinski definition) is 3. The van der Waals surface area contributed by atoms with Crippen LogP contribution in [0.2, 0.25) is 0 Å². The molecular weight excluding hydrogens is 584 g/mol. The van der Waals surface area contributed by atoms with Gasteiger partial charge in [-0.3, -0.25) is 9.59 Å². The van der Waals surface area contributed by atoms with Crippen LogP contribution < -0.4 is 10.6 Å². The lowest BCUT2D eigenvalue weighted by molar-refractivity contribution is -0.141. The van der Waals surface area contributed by atoms with Crippen LogP contribution >= 0.6 is 27.7 Å². The molecule has 0 aromatic heterocycles. The molecule has 3 aromatic carbocycles. The van der Waals surface area contributed by atoms with E-state index in [9.17, 15) is 24.3 Å². The number of alkyl carbamates (subject to hydrolysis) is 1. The number of nitrogens with one attached hydrogen (secondary N) is 2. The molecule has 2 atom stereocenters. The quantitative estimate of drug-likeness (QED) is 0.247. The van der Waals surface area contributed by atoms with Crippen molar-refractivity contribution in [2.75, 3.05) is 5.75 Å². The molecule has 3 rings (SSSR count). The van der Waals surface area contributed by atoms with Gasteiger partial charge in [-0.1, -0.05) is 91.0 Å². The number of hydrogen-bond acceptors (Lipinski definition) is 6. The van der Waals surface area contributed by atoms with Crippen LogP contribution in [-0.2, 0) is 37.9 Å². The second-order valence-corrected chi connectivity index (χ2v) is 10.5. The molecule has 0 radical (unpaired) electrons. The summed E-state index contributed by atoms with van der Waals surface area (Å²) in [7, 11) is 0. The van der Waals surface area contributed by atoms with E-state index in [-0.39, 0.29) is 23.5 Å². The van der Waals surface area contributed by atoms with Gasteiger partial charge in [0.15, 0.2) is 4.69 Å². The third-order valence-electron chi connectivity index (χ3n) is 5.11. The summed E-state index contributed by atoms with van der Waals surface area (Å²) in [6.45, 7) is 1.50. The van der Waals surface area contributed by atoms with Crippen LogP contribution in [0.4, 0.5) is 4.79 Å². The minimum absolute atomic E-state index is 0.0208. The van der Waals surface area contributed by atoms with E-state index >= 15 is 0 Å². The Morgan fingerprint density at radius 2 is 1.28 bits per heavy atom. The first-order valence-electron chi connectivity index (χ1n) is 12.1. The molecule has 3 aromatic rings. The van der Waals surface area contributed by atoms with Gasteiger partial charge in [-0.2, -0.15) is 11.8 Å². The largest absolute Gasteiger partial charge is 0.480 e. The predicted octanol–water partition coefficient (Wildman–Crippen LogP) is 4.95. The summed E-state index contributed by atoms with van der Waals surface area (Å²) >= 11 is 4.04. The average Bonchev–Trinajstić information content (AvgIpc) is 2.92. The van der Waals surface area contributed by atoms with E-state index < -0.39 is 30.1 Å². The Balaban J connectivity index is 0.00000124. The molecule has 0 aliphatic carbocycles. The van der Waals surface area contributed by atoms with Crippen molar-refractivity contribution in [3.63, 3.8) is 0 Å². The Kier molecular flexibility index (Phi) is 14.4. The van der Waals surface area contributed by atoms with Gasteiger partial charge in [-0.15, -0.1) is 0 Å². The number of carbonyl (C=O) groups is 4. The zero-order valence-electron chi connectivity index (χ0n) is 21.4. The van der Waals surface area contributed by atoms with Crippen molar-refractivity contribution in [1.29, 1.82) is 0 Å². The summed E-state index contributed by atoms with van der Waals surface area (Å²) in [6.07, 6.45) is -0.563. The van der Waals surface area contributed by atoms with Crippen LogP contribution in [0.5, 0.6) is 0 Å². The van der Waals surface area contributed by atoms with Crippen molar-refractivity contribution in [2.45, 2.75) is 37.8 Å². The van der Waals surface area contributed by atoms with Crippen LogP contribution in [0, 0.1) is 0 Å². The van der Waals surface area contributed by atoms with Crippen molar-refractivity contribution in [3.8, 4) is 0 Å². The lowest BCUT2D eigenvalue weighted by atomic mass is 10.1. The molecule has 0 unspecified atom stereocenters. The number of amides is 2. The summed E-state index contributed by atoms with van der Waals surface area (Å²) in [5.74, 6) is -0.910. The van der Waals surface area contributed by atoms with Gasteiger partial charge in [0.05, 0.1) is 0 Å². The summed E-state index contributed by atoms with van der Waals surface area (Å²) < 4.78 is 5.24. The van der Waals surface area contributed by atoms with E-state index in [0.29, 0.717) is 5.75 Å². The Hall–Kier alpha value is -3.63. The average molecular weight is 616 g/mol. The number of rotatable bonds is 12. The molecule has 0 aliphatic rings. The van der Waals surface area contributed by atoms with Crippen LogP contribution in [0.1, 0.15) is 23.6 Å². The van der Waals surface area contributed by atoms with Gasteiger partial charge in [-0.05, 0) is 32.6 Å². The third kappa shape index (κ3) is 13.6. The maximum absolute atomic E-state index is 13.1. The van der Waals surface area contributed by atoms with Crippen LogP contribution in [0.25, 0.3) is 0 Å². The molecule has 0 spiro atoms. The molecule has 206 valence electrons. The minimum Gasteiger partial charge on any atom is -0.480 e. The highest BCUT2D eigenvalue weighted by atomic mass is 79.9. The van der Waals surface area contributed by atoms with E-state index in [1.54, 1.807) is 0 Å². The highest BCUT2D eigenvalue weighted by Gasteiger charge is 2.27. The number of carbonyl (C=O) groups excluding carboxylic acids is 3. The smallest absolute Gasteiger partial charge is 0.408 e. The predicted molar refractivity (Wildman–Crippen MR) is 155 cm³/mol. The molecule has 0 aliphatic heterocycles. The third-order valence-corrected chi connectivity index (χ3v) is 6.22. The number of carboxylic acids is 1. The molecule has 0 saturated carbocycles. The summed E-state index contributed by atoms with van der Waals surface area (Å²) in [5, 5.41) is 14.8. The fourth-order valence-electron chi connectivity index (χ4n) is 3.28. The molecular formula is C29H31BrN2O6S. The van der Waals surface area contributed by atoms with Gasteiger partial charge in [0.1, 0.15) is 18.7 Å². The summed E-state index contributed by atoms with van der Waals surface area (Å²) in [6, 6.07) is 26.0. The number of halogens is 1. The van der Waals surface area contributed by atoms with Gasteiger partial charge in [-0.25, -0.2) is 9.59 Å². The highest BCUT2D eigenvalue weighted by molar-refractivity contribution is 9.18. The van der Waals surface area contributed by atoms with Crippen molar-refractivity contribution in [1.82, 2.24) is 10.6 Å². The molecule has 2 amide bonds. The number of ether oxygens (including phenoxy) is 1. The zero-order chi connectivity index (χ0) is 28.5. The molecule has 0 bridgehead atoms. The number of carboxylic acid groups (broad SMARTS) is 1. The second kappa shape index (κ2) is 17.8. The van der Waals surface area contributed by atoms with E-state index in [4.69, 9.17) is 4.74 Å². The van der Waals surface area contributed by atoms with Crippen molar-refractivity contribution in [3.05, 3.63) is 108 Å². The zero-order valence-corrected chi connectivity index (χ0v) is 23.8. The fourth-order valence-corrected chi connectivity index (χ4v) is 4.29. The minimum atomic E-state index is -1.14. The van der Waals surface area contributed by atoms with Gasteiger partial charge < -0.3 is 20.5 Å². The molecule has 39 heavy (non-hydrogen) atoms. The van der Waals surface area contributed by atoms with Gasteiger partial charge in [0, 0.05) is 24.9 Å². The molecule has 3 N–H and O–H groups in total. The Bertz CT molecular complexity index is 1180. The Morgan fingerprint density at radius 3 is 1.79 bits per heavy atom. The first-order valence-corrected chi connectivity index (χ1v) is 14.0. The van der Waals surface area contributed by atoms with Crippen molar-refractivity contribution in [2.24, 2.45) is 0 Å². The molecule has 0 saturated heterocycles. The van der Waals surface area contributed by atoms with Crippen LogP contribution in [-0.4, -0.2) is 45.6 Å². The summed E-state index contributed by atoms with van der Waals surface area (Å²) in [5.41, 5.74) is 2.70. The van der Waals surface area contributed by atoms with E-state index in [0.717, 1.165) is 16.7 Å². The molecule has 10 heteroatoms. The topological polar surface area (TPSA) is 122 Å². The normalized spacial score (nSPS) is 11.6. The SMILES string of the molecule is CC(=O)Br.O=C(N[C@@H](Cc1ccccc1)C(=O)N[C@@H](CSCc1ccccc1)C(=O)O)OCc1ccccc1. The summed E-state index contributed by atoms with van der Waals surface area (Å²) in [4.78, 5) is 46.6. The first kappa shape index (κ1) is 31.6. The lowest BCUT2D eigenvalue weighted by Gasteiger charge is -2.21. The standard InChI is InChI=1S/C27H28N2O5S.C2H3BrO/c30-25(28-24(26(31)32)19-35-18-22-14-8-3-9-15-22)23(16-20-10-4-1-5-11-20)29-27(33)34-17-21-12-6-2-7-13-21;1-2(3)4/h1-15,23-24H,16-19H2,(H,28,30)(H,29,33)(H,31,32);1H3/t23-,24-;/m0./s1. The molecule has 0 heterocycles. The molecule has 0 fully saturated rings. The number of thioether (sulfide) groups is 1. The Labute approximate surface area is 240 Å². The van der Waals surface area contributed by atoms with Crippen molar-refractivity contribution < 1.29 is 29.0 Å². The maximum Gasteiger partial charge on any atom is 0.408 e. The van der Waals surface area contributed by atoms with Crippen LogP contribution in [0.3, 0.4) is 0 Å². The Morgan fingerprint density at radius 1 is 0.795 bits per heavy atom. The van der Waals surface area contributed by atoms with E-state index in [1.165, 1.54) is 18.7 Å². The fraction of sp³-hybridized carbons (Fsp3) is 0.241. The van der Waals surface area contributed by atoms with Gasteiger partial charge in [0.2, 0.25) is 5.91 Å². The van der Waals surface area contributed by atoms with E-state index in [2.05, 4.69) is 26.6 Å². The monoisotopic (exact) mass is 614 g/mol. The van der Waals surface area contributed by atoms with Gasteiger partial charge in [0.25, 0.3) is 0 Å².